The number of hydrogen-bond acceptors (Lipinski definition) is 5. The van der Waals surface area contributed by atoms with Crippen molar-refractivity contribution in [2.24, 2.45) is 0 Å². The number of thiazole rings is 1. The van der Waals surface area contributed by atoms with E-state index in [1.54, 1.807) is 35.7 Å². The molecule has 8 heteroatoms. The Balaban J connectivity index is 1.51. The molecule has 0 aliphatic carbocycles. The molecule has 3 heterocycles. The molecule has 1 N–H and O–H groups in total. The van der Waals surface area contributed by atoms with Crippen molar-refractivity contribution in [3.05, 3.63) is 23.5 Å². The molecule has 2 aromatic rings. The number of sulfonamides is 1. The third-order valence-corrected chi connectivity index (χ3v) is 7.40. The second kappa shape index (κ2) is 6.27. The minimum atomic E-state index is -3.10. The van der Waals surface area contributed by atoms with Gasteiger partial charge in [0.15, 0.2) is 4.96 Å². The topological polar surface area (TPSA) is 66.7 Å². The van der Waals surface area contributed by atoms with Crippen LogP contribution in [0.15, 0.2) is 18.6 Å². The molecule has 0 atom stereocenters. The summed E-state index contributed by atoms with van der Waals surface area (Å²) in [4.78, 5) is 6.53. The predicted molar refractivity (Wildman–Crippen MR) is 88.6 cm³/mol. The van der Waals surface area contributed by atoms with Crippen molar-refractivity contribution >= 4 is 26.3 Å². The molecule has 22 heavy (non-hydrogen) atoms. The summed E-state index contributed by atoms with van der Waals surface area (Å²) in [6.07, 6.45) is 7.58. The second-order valence-electron chi connectivity index (χ2n) is 5.96. The number of fused-ring (bicyclic) bond motifs is 1. The highest BCUT2D eigenvalue weighted by Gasteiger charge is 2.29. The van der Waals surface area contributed by atoms with Crippen molar-refractivity contribution in [3.63, 3.8) is 0 Å². The van der Waals surface area contributed by atoms with E-state index < -0.39 is 10.0 Å². The zero-order valence-corrected chi connectivity index (χ0v) is 14.5. The summed E-state index contributed by atoms with van der Waals surface area (Å²) in [5.41, 5.74) is 0. The monoisotopic (exact) mass is 342 g/mol. The average Bonchev–Trinajstić information content (AvgIpc) is 3.06. The van der Waals surface area contributed by atoms with Crippen molar-refractivity contribution in [2.75, 3.05) is 13.1 Å². The van der Waals surface area contributed by atoms with E-state index in [-0.39, 0.29) is 5.25 Å². The van der Waals surface area contributed by atoms with E-state index in [2.05, 4.69) is 16.5 Å². The lowest BCUT2D eigenvalue weighted by Crippen LogP contribution is -2.46. The fourth-order valence-electron chi connectivity index (χ4n) is 2.71. The number of nitrogens with one attached hydrogen (secondary N) is 1. The Morgan fingerprint density at radius 2 is 2.14 bits per heavy atom. The Morgan fingerprint density at radius 1 is 1.41 bits per heavy atom. The Labute approximate surface area is 135 Å². The Hall–Kier alpha value is -0.960. The van der Waals surface area contributed by atoms with Crippen LogP contribution in [-0.4, -0.2) is 46.5 Å². The van der Waals surface area contributed by atoms with Gasteiger partial charge in [-0.25, -0.2) is 17.7 Å². The molecular weight excluding hydrogens is 320 g/mol. The Kier molecular flexibility index (Phi) is 4.54. The molecule has 1 aliphatic heterocycles. The van der Waals surface area contributed by atoms with Crippen molar-refractivity contribution in [1.29, 1.82) is 0 Å². The van der Waals surface area contributed by atoms with Gasteiger partial charge in [-0.3, -0.25) is 4.40 Å². The van der Waals surface area contributed by atoms with Crippen molar-refractivity contribution in [3.8, 4) is 0 Å². The van der Waals surface area contributed by atoms with E-state index >= 15 is 0 Å². The second-order valence-corrected chi connectivity index (χ2v) is 9.55. The number of nitrogens with zero attached hydrogens (tertiary/aromatic N) is 3. The molecule has 0 bridgehead atoms. The van der Waals surface area contributed by atoms with Gasteiger partial charge in [-0.15, -0.1) is 11.3 Å². The van der Waals surface area contributed by atoms with Crippen LogP contribution in [0.2, 0.25) is 0 Å². The van der Waals surface area contributed by atoms with E-state index in [0.717, 1.165) is 24.3 Å². The van der Waals surface area contributed by atoms with Crippen LogP contribution in [0, 0.1) is 0 Å². The fraction of sp³-hybridized carbons (Fsp3) is 0.643. The molecule has 3 rings (SSSR count). The largest absolute Gasteiger partial charge is 0.309 e. The van der Waals surface area contributed by atoms with Gasteiger partial charge in [0.05, 0.1) is 5.25 Å². The van der Waals surface area contributed by atoms with E-state index in [9.17, 15) is 8.42 Å². The quantitative estimate of drug-likeness (QED) is 0.898. The van der Waals surface area contributed by atoms with Gasteiger partial charge in [0, 0.05) is 49.1 Å². The molecule has 1 aliphatic rings. The summed E-state index contributed by atoms with van der Waals surface area (Å²) < 4.78 is 27.9. The number of hydrogen-bond donors (Lipinski definition) is 1. The maximum Gasteiger partial charge on any atom is 0.216 e. The first-order chi connectivity index (χ1) is 10.5. The zero-order valence-electron chi connectivity index (χ0n) is 12.9. The first-order valence-electron chi connectivity index (χ1n) is 7.60. The molecule has 6 nitrogen and oxygen atoms in total. The third kappa shape index (κ3) is 3.19. The first-order valence-corrected chi connectivity index (χ1v) is 9.92. The summed E-state index contributed by atoms with van der Waals surface area (Å²) in [6, 6.07) is 0.382. The van der Waals surface area contributed by atoms with Gasteiger partial charge >= 0.3 is 0 Å². The van der Waals surface area contributed by atoms with Gasteiger partial charge in [0.2, 0.25) is 10.0 Å². The van der Waals surface area contributed by atoms with E-state index in [0.29, 0.717) is 19.1 Å². The van der Waals surface area contributed by atoms with Crippen LogP contribution in [0.3, 0.4) is 0 Å². The highest BCUT2D eigenvalue weighted by Crippen LogP contribution is 2.19. The highest BCUT2D eigenvalue weighted by molar-refractivity contribution is 7.89. The summed E-state index contributed by atoms with van der Waals surface area (Å²) in [6.45, 7) is 5.53. The molecule has 0 unspecified atom stereocenters. The normalized spacial score (nSPS) is 18.5. The van der Waals surface area contributed by atoms with Gasteiger partial charge in [0.25, 0.3) is 0 Å². The molecule has 2 aromatic heterocycles. The Bertz CT molecular complexity index is 698. The Morgan fingerprint density at radius 3 is 2.77 bits per heavy atom. The van der Waals surface area contributed by atoms with Crippen LogP contribution in [0.4, 0.5) is 0 Å². The van der Waals surface area contributed by atoms with Crippen LogP contribution in [0.25, 0.3) is 4.96 Å². The number of imidazole rings is 1. The summed E-state index contributed by atoms with van der Waals surface area (Å²) in [7, 11) is -3.10. The SMILES string of the molecule is CC(C)S(=O)(=O)N1CCC(NCc2cn3ccnc3s2)CC1. The lowest BCUT2D eigenvalue weighted by Gasteiger charge is -2.32. The first kappa shape index (κ1) is 15.9. The highest BCUT2D eigenvalue weighted by atomic mass is 32.2. The number of rotatable bonds is 5. The van der Waals surface area contributed by atoms with Gasteiger partial charge in [-0.05, 0) is 26.7 Å². The maximum absolute atomic E-state index is 12.1. The van der Waals surface area contributed by atoms with Gasteiger partial charge in [-0.2, -0.15) is 0 Å². The summed E-state index contributed by atoms with van der Waals surface area (Å²) in [5.74, 6) is 0. The maximum atomic E-state index is 12.1. The molecule has 0 radical (unpaired) electrons. The number of piperidine rings is 1. The number of aromatic nitrogens is 2. The van der Waals surface area contributed by atoms with E-state index in [1.807, 2.05) is 10.6 Å². The van der Waals surface area contributed by atoms with Gasteiger partial charge in [0.1, 0.15) is 0 Å². The lowest BCUT2D eigenvalue weighted by atomic mass is 10.1. The van der Waals surface area contributed by atoms with Crippen molar-refractivity contribution in [1.82, 2.24) is 19.0 Å². The molecule has 0 saturated carbocycles. The molecule has 0 amide bonds. The standard InChI is InChI=1S/C14H22N4O2S2/c1-11(2)22(19,20)18-6-3-12(4-7-18)16-9-13-10-17-8-5-15-14(17)21-13/h5,8,10-12,16H,3-4,6-7,9H2,1-2H3. The third-order valence-electron chi connectivity index (χ3n) is 4.11. The van der Waals surface area contributed by atoms with Gasteiger partial charge < -0.3 is 5.32 Å². The van der Waals surface area contributed by atoms with Crippen LogP contribution in [0.5, 0.6) is 0 Å². The van der Waals surface area contributed by atoms with Crippen LogP contribution < -0.4 is 5.32 Å². The van der Waals surface area contributed by atoms with Crippen molar-refractivity contribution < 1.29 is 8.42 Å². The minimum absolute atomic E-state index is 0.334. The molecule has 1 saturated heterocycles. The predicted octanol–water partition coefficient (Wildman–Crippen LogP) is 1.69. The average molecular weight is 342 g/mol. The zero-order chi connectivity index (χ0) is 15.7. The van der Waals surface area contributed by atoms with Crippen LogP contribution in [-0.2, 0) is 16.6 Å². The van der Waals surface area contributed by atoms with Crippen LogP contribution >= 0.6 is 11.3 Å². The fourth-order valence-corrected chi connectivity index (χ4v) is 4.92. The summed E-state index contributed by atoms with van der Waals surface area (Å²) in [5, 5.41) is 3.20. The van der Waals surface area contributed by atoms with Gasteiger partial charge in [-0.1, -0.05) is 0 Å². The molecule has 0 aromatic carbocycles. The molecule has 1 fully saturated rings. The smallest absolute Gasteiger partial charge is 0.216 e. The van der Waals surface area contributed by atoms with Crippen molar-refractivity contribution in [2.45, 2.75) is 44.5 Å². The minimum Gasteiger partial charge on any atom is -0.309 e. The van der Waals surface area contributed by atoms with E-state index in [1.165, 1.54) is 4.88 Å². The molecule has 122 valence electrons. The van der Waals surface area contributed by atoms with E-state index in [4.69, 9.17) is 0 Å². The lowest BCUT2D eigenvalue weighted by molar-refractivity contribution is 0.287. The van der Waals surface area contributed by atoms with Crippen LogP contribution in [0.1, 0.15) is 31.6 Å². The molecular formula is C14H22N4O2S2. The molecule has 0 spiro atoms. The summed E-state index contributed by atoms with van der Waals surface area (Å²) >= 11 is 1.68.